The van der Waals surface area contributed by atoms with Crippen molar-refractivity contribution in [3.05, 3.63) is 75.5 Å². The molecule has 4 atom stereocenters. The number of carbonyl (C=O) groups is 1. The highest BCUT2D eigenvalue weighted by atomic mass is 35.5. The molecule has 0 spiro atoms. The number of piperidine rings is 1. The molecule has 42 heavy (non-hydrogen) atoms. The highest BCUT2D eigenvalue weighted by Crippen LogP contribution is 2.47. The summed E-state index contributed by atoms with van der Waals surface area (Å²) < 4.78 is 12.4. The van der Waals surface area contributed by atoms with Crippen LogP contribution in [-0.2, 0) is 11.3 Å². The second-order valence-corrected chi connectivity index (χ2v) is 13.3. The molecule has 3 heterocycles. The normalized spacial score (nSPS) is 25.4. The van der Waals surface area contributed by atoms with Crippen LogP contribution >= 0.6 is 23.2 Å². The van der Waals surface area contributed by atoms with Crippen LogP contribution in [0.1, 0.15) is 87.5 Å². The molecule has 0 radical (unpaired) electrons. The van der Waals surface area contributed by atoms with Crippen LogP contribution in [-0.4, -0.2) is 34.3 Å². The molecule has 3 aromatic rings. The minimum absolute atomic E-state index is 0.00623. The van der Waals surface area contributed by atoms with Crippen LogP contribution in [0, 0.1) is 5.92 Å². The van der Waals surface area contributed by atoms with Crippen molar-refractivity contribution >= 4 is 40.5 Å². The number of halogens is 2. The van der Waals surface area contributed by atoms with Crippen LogP contribution in [0.15, 0.2) is 53.1 Å². The fourth-order valence-corrected chi connectivity index (χ4v) is 7.83. The molecule has 1 saturated carbocycles. The zero-order chi connectivity index (χ0) is 28.8. The zero-order valence-electron chi connectivity index (χ0n) is 24.0. The second-order valence-electron chi connectivity index (χ2n) is 12.5. The Morgan fingerprint density at radius 1 is 1.10 bits per heavy atom. The van der Waals surface area contributed by atoms with E-state index in [1.54, 1.807) is 0 Å². The zero-order valence-corrected chi connectivity index (χ0v) is 25.5. The monoisotopic (exact) mass is 605 g/mol. The summed E-state index contributed by atoms with van der Waals surface area (Å²) in [5, 5.41) is 8.72. The summed E-state index contributed by atoms with van der Waals surface area (Å²) in [6.07, 6.45) is 11.9. The minimum atomic E-state index is -0.00623. The first kappa shape index (κ1) is 28.0. The van der Waals surface area contributed by atoms with E-state index in [-0.39, 0.29) is 24.2 Å². The molecule has 4 aliphatic rings. The highest BCUT2D eigenvalue weighted by Gasteiger charge is 2.47. The predicted octanol–water partition coefficient (Wildman–Crippen LogP) is 9.47. The Labute approximate surface area is 257 Å². The number of anilines is 1. The van der Waals surface area contributed by atoms with Gasteiger partial charge in [0.1, 0.15) is 11.5 Å². The average Bonchev–Trinajstić information content (AvgIpc) is 3.71. The molecule has 7 rings (SSSR count). The van der Waals surface area contributed by atoms with Gasteiger partial charge in [-0.1, -0.05) is 59.6 Å². The van der Waals surface area contributed by atoms with Crippen molar-refractivity contribution in [2.24, 2.45) is 5.92 Å². The molecule has 2 amide bonds. The van der Waals surface area contributed by atoms with Crippen molar-refractivity contribution in [1.82, 2.24) is 10.1 Å². The first-order valence-corrected chi connectivity index (χ1v) is 16.1. The van der Waals surface area contributed by atoms with Gasteiger partial charge in [-0.05, 0) is 99.1 Å². The number of amides is 2. The Bertz CT molecular complexity index is 1490. The van der Waals surface area contributed by atoms with Crippen molar-refractivity contribution in [2.45, 2.75) is 95.4 Å². The number of rotatable bonds is 7. The van der Waals surface area contributed by atoms with Gasteiger partial charge in [0.15, 0.2) is 0 Å². The number of carbonyl (C=O) groups excluding carboxylic acids is 1. The molecule has 1 aromatic heterocycles. The Morgan fingerprint density at radius 3 is 2.64 bits per heavy atom. The molecule has 2 bridgehead atoms. The van der Waals surface area contributed by atoms with Gasteiger partial charge < -0.3 is 19.5 Å². The predicted molar refractivity (Wildman–Crippen MR) is 167 cm³/mol. The van der Waals surface area contributed by atoms with Gasteiger partial charge in [-0.3, -0.25) is 0 Å². The van der Waals surface area contributed by atoms with Crippen LogP contribution < -0.4 is 5.32 Å². The standard InChI is InChI=1S/C34H37Cl2N3O3/c1-20-15-25-17-26(41-19-27-32(38-42-33(27)22-13-14-22)31-28(35)11-6-12-29(31)36)18-30(20)39(25)34(40)37-24-10-5-9-23(16-24)21-7-3-2-4-8-21/h5-7,9-12,16,20,22,25-26,30H,2-4,8,13-15,17-19H2,1H3,(H,37,40)/t20-,25?,26+,30?/m1/s1. The van der Waals surface area contributed by atoms with E-state index in [4.69, 9.17) is 32.5 Å². The first-order chi connectivity index (χ1) is 20.5. The lowest BCUT2D eigenvalue weighted by Crippen LogP contribution is -2.51. The second kappa shape index (κ2) is 11.7. The van der Waals surface area contributed by atoms with Crippen molar-refractivity contribution in [3.8, 4) is 11.3 Å². The number of allylic oxidation sites excluding steroid dienone is 2. The molecule has 3 fully saturated rings. The first-order valence-electron chi connectivity index (χ1n) is 15.4. The van der Waals surface area contributed by atoms with Crippen LogP contribution in [0.4, 0.5) is 10.5 Å². The number of nitrogens with one attached hydrogen (secondary N) is 1. The molecule has 2 aliphatic heterocycles. The number of hydrogen-bond acceptors (Lipinski definition) is 4. The molecular formula is C34H37Cl2N3O3. The van der Waals surface area contributed by atoms with Crippen LogP contribution in [0.3, 0.4) is 0 Å². The van der Waals surface area contributed by atoms with Crippen molar-refractivity contribution in [1.29, 1.82) is 0 Å². The number of benzene rings is 2. The Balaban J connectivity index is 1.04. The van der Waals surface area contributed by atoms with E-state index in [1.807, 2.05) is 30.3 Å². The lowest BCUT2D eigenvalue weighted by atomic mass is 9.93. The summed E-state index contributed by atoms with van der Waals surface area (Å²) in [5.74, 6) is 1.68. The quantitative estimate of drug-likeness (QED) is 0.291. The molecular weight excluding hydrogens is 569 g/mol. The number of aromatic nitrogens is 1. The molecule has 8 heteroatoms. The maximum atomic E-state index is 13.6. The van der Waals surface area contributed by atoms with Gasteiger partial charge in [0.25, 0.3) is 0 Å². The SMILES string of the molecule is C[C@@H]1CC2C[C@H](OCc3c(-c4c(Cl)cccc4Cl)noc3C3CC3)CC1N2C(=O)Nc1cccc(C2=CCCCC2)c1. The number of hydrogen-bond donors (Lipinski definition) is 1. The van der Waals surface area contributed by atoms with Crippen molar-refractivity contribution in [3.63, 3.8) is 0 Å². The fourth-order valence-electron chi connectivity index (χ4n) is 7.26. The molecule has 2 saturated heterocycles. The largest absolute Gasteiger partial charge is 0.373 e. The minimum Gasteiger partial charge on any atom is -0.373 e. The van der Waals surface area contributed by atoms with Gasteiger partial charge >= 0.3 is 6.03 Å². The topological polar surface area (TPSA) is 67.6 Å². The smallest absolute Gasteiger partial charge is 0.322 e. The van der Waals surface area contributed by atoms with Crippen molar-refractivity contribution in [2.75, 3.05) is 5.32 Å². The Kier molecular flexibility index (Phi) is 7.80. The number of ether oxygens (including phenoxy) is 1. The number of fused-ring (bicyclic) bond motifs is 2. The van der Waals surface area contributed by atoms with Gasteiger partial charge in [-0.25, -0.2) is 4.79 Å². The van der Waals surface area contributed by atoms with E-state index >= 15 is 0 Å². The fraction of sp³-hybridized carbons (Fsp3) is 0.471. The van der Waals surface area contributed by atoms with Gasteiger partial charge in [0, 0.05) is 34.8 Å². The lowest BCUT2D eigenvalue weighted by molar-refractivity contribution is -0.0181. The number of nitrogens with zero attached hydrogens (tertiary/aromatic N) is 2. The van der Waals surface area contributed by atoms with E-state index in [0.29, 0.717) is 39.7 Å². The maximum absolute atomic E-state index is 13.6. The molecule has 2 aromatic carbocycles. The van der Waals surface area contributed by atoms with Gasteiger partial charge in [0.2, 0.25) is 0 Å². The van der Waals surface area contributed by atoms with Gasteiger partial charge in [-0.15, -0.1) is 0 Å². The average molecular weight is 607 g/mol. The van der Waals surface area contributed by atoms with E-state index in [2.05, 4.69) is 40.5 Å². The van der Waals surface area contributed by atoms with E-state index < -0.39 is 0 Å². The summed E-state index contributed by atoms with van der Waals surface area (Å²) in [7, 11) is 0. The van der Waals surface area contributed by atoms with Crippen LogP contribution in [0.25, 0.3) is 16.8 Å². The number of urea groups is 1. The van der Waals surface area contributed by atoms with Gasteiger partial charge in [-0.2, -0.15) is 0 Å². The van der Waals surface area contributed by atoms with Crippen LogP contribution in [0.2, 0.25) is 10.0 Å². The molecule has 1 N–H and O–H groups in total. The maximum Gasteiger partial charge on any atom is 0.322 e. The highest BCUT2D eigenvalue weighted by molar-refractivity contribution is 6.39. The summed E-state index contributed by atoms with van der Waals surface area (Å²) in [6.45, 7) is 2.64. The third-order valence-corrected chi connectivity index (χ3v) is 10.2. The molecule has 6 nitrogen and oxygen atoms in total. The third-order valence-electron chi connectivity index (χ3n) is 9.53. The lowest BCUT2D eigenvalue weighted by Gasteiger charge is -2.39. The molecule has 2 aliphatic carbocycles. The Morgan fingerprint density at radius 2 is 1.90 bits per heavy atom. The summed E-state index contributed by atoms with van der Waals surface area (Å²) in [5.41, 5.74) is 5.78. The van der Waals surface area contributed by atoms with E-state index in [1.165, 1.54) is 24.0 Å². The molecule has 2 unspecified atom stereocenters. The molecule has 220 valence electrons. The summed E-state index contributed by atoms with van der Waals surface area (Å²) >= 11 is 13.1. The van der Waals surface area contributed by atoms with Crippen LogP contribution in [0.5, 0.6) is 0 Å². The van der Waals surface area contributed by atoms with E-state index in [0.717, 1.165) is 62.0 Å². The van der Waals surface area contributed by atoms with E-state index in [9.17, 15) is 4.79 Å². The summed E-state index contributed by atoms with van der Waals surface area (Å²) in [6, 6.07) is 14.1. The third kappa shape index (κ3) is 5.49. The Hall–Kier alpha value is -2.80. The van der Waals surface area contributed by atoms with Gasteiger partial charge in [0.05, 0.1) is 22.8 Å². The van der Waals surface area contributed by atoms with Crippen molar-refractivity contribution < 1.29 is 14.1 Å². The summed E-state index contributed by atoms with van der Waals surface area (Å²) in [4.78, 5) is 15.7.